The Hall–Kier alpha value is -2.77. The number of carbonyl (C=O) groups excluding carboxylic acids is 1. The standard InChI is InChI=1S/C20H20N4OS2/c1-12-6-4-7-16(13(12)2)22-20(26)24-23-19(25)15-9-10-17(21-14(15)3)18-8-5-11-27-18/h4-11H,1-3H3,(H,23,25)(H2,22,24,26). The van der Waals surface area contributed by atoms with Crippen molar-refractivity contribution in [3.63, 3.8) is 0 Å². The molecule has 0 aliphatic rings. The van der Waals surface area contributed by atoms with Gasteiger partial charge in [-0.1, -0.05) is 18.2 Å². The van der Waals surface area contributed by atoms with Crippen molar-refractivity contribution in [3.05, 3.63) is 70.2 Å². The Kier molecular flexibility index (Phi) is 5.83. The minimum atomic E-state index is -0.289. The Bertz CT molecular complexity index is 984. The number of amides is 1. The molecule has 0 saturated carbocycles. The minimum absolute atomic E-state index is 0.289. The van der Waals surface area contributed by atoms with Gasteiger partial charge < -0.3 is 5.32 Å². The summed E-state index contributed by atoms with van der Waals surface area (Å²) in [5, 5.41) is 5.41. The van der Waals surface area contributed by atoms with Gasteiger partial charge in [0.05, 0.1) is 21.8 Å². The van der Waals surface area contributed by atoms with E-state index in [1.54, 1.807) is 17.4 Å². The van der Waals surface area contributed by atoms with Gasteiger partial charge in [-0.3, -0.25) is 20.6 Å². The highest BCUT2D eigenvalue weighted by atomic mass is 32.1. The van der Waals surface area contributed by atoms with Crippen molar-refractivity contribution in [2.45, 2.75) is 20.8 Å². The number of nitrogens with zero attached hydrogens (tertiary/aromatic N) is 1. The molecule has 0 aliphatic heterocycles. The summed E-state index contributed by atoms with van der Waals surface area (Å²) in [6.45, 7) is 5.87. The van der Waals surface area contributed by atoms with Crippen molar-refractivity contribution in [2.75, 3.05) is 5.32 Å². The van der Waals surface area contributed by atoms with Crippen molar-refractivity contribution in [3.8, 4) is 10.6 Å². The Morgan fingerprint density at radius 3 is 2.56 bits per heavy atom. The molecule has 0 radical (unpaired) electrons. The summed E-state index contributed by atoms with van der Waals surface area (Å²) in [6, 6.07) is 13.5. The Labute approximate surface area is 167 Å². The molecule has 0 saturated heterocycles. The van der Waals surface area contributed by atoms with E-state index in [0.29, 0.717) is 16.4 Å². The van der Waals surface area contributed by atoms with Crippen LogP contribution in [0.2, 0.25) is 0 Å². The number of hydrogen-bond acceptors (Lipinski definition) is 4. The van der Waals surface area contributed by atoms with E-state index in [1.807, 2.05) is 62.5 Å². The van der Waals surface area contributed by atoms with Crippen molar-refractivity contribution in [1.29, 1.82) is 0 Å². The molecule has 3 rings (SSSR count). The summed E-state index contributed by atoms with van der Waals surface area (Å²) in [4.78, 5) is 18.0. The molecule has 0 atom stereocenters. The number of rotatable bonds is 3. The van der Waals surface area contributed by atoms with E-state index in [9.17, 15) is 4.79 Å². The second-order valence-corrected chi connectivity index (χ2v) is 7.44. The van der Waals surface area contributed by atoms with E-state index in [2.05, 4.69) is 21.2 Å². The fourth-order valence-electron chi connectivity index (χ4n) is 2.58. The first-order chi connectivity index (χ1) is 13.0. The Morgan fingerprint density at radius 1 is 1.04 bits per heavy atom. The summed E-state index contributed by atoms with van der Waals surface area (Å²) >= 11 is 6.88. The molecule has 1 aromatic carbocycles. The highest BCUT2D eigenvalue weighted by Crippen LogP contribution is 2.23. The number of aryl methyl sites for hydroxylation is 2. The van der Waals surface area contributed by atoms with Gasteiger partial charge in [-0.25, -0.2) is 0 Å². The monoisotopic (exact) mass is 396 g/mol. The molecule has 0 unspecified atom stereocenters. The van der Waals surface area contributed by atoms with Crippen LogP contribution in [-0.2, 0) is 0 Å². The summed E-state index contributed by atoms with van der Waals surface area (Å²) in [5.41, 5.74) is 10.6. The molecule has 7 heteroatoms. The van der Waals surface area contributed by atoms with E-state index in [1.165, 1.54) is 5.56 Å². The molecule has 5 nitrogen and oxygen atoms in total. The van der Waals surface area contributed by atoms with E-state index in [0.717, 1.165) is 21.8 Å². The van der Waals surface area contributed by atoms with Crippen LogP contribution in [0.1, 0.15) is 27.2 Å². The van der Waals surface area contributed by atoms with E-state index < -0.39 is 0 Å². The van der Waals surface area contributed by atoms with Gasteiger partial charge in [0, 0.05) is 5.69 Å². The highest BCUT2D eigenvalue weighted by Gasteiger charge is 2.12. The molecular weight excluding hydrogens is 376 g/mol. The first-order valence-electron chi connectivity index (χ1n) is 8.41. The van der Waals surface area contributed by atoms with Gasteiger partial charge in [-0.15, -0.1) is 11.3 Å². The van der Waals surface area contributed by atoms with E-state index >= 15 is 0 Å². The van der Waals surface area contributed by atoms with Crippen LogP contribution >= 0.6 is 23.6 Å². The number of hydrogen-bond donors (Lipinski definition) is 3. The van der Waals surface area contributed by atoms with Crippen molar-refractivity contribution in [1.82, 2.24) is 15.8 Å². The van der Waals surface area contributed by atoms with Gasteiger partial charge in [0.2, 0.25) is 0 Å². The van der Waals surface area contributed by atoms with E-state index in [4.69, 9.17) is 12.2 Å². The van der Waals surface area contributed by atoms with Crippen LogP contribution in [0, 0.1) is 20.8 Å². The SMILES string of the molecule is Cc1cccc(NC(=S)NNC(=O)c2ccc(-c3cccs3)nc2C)c1C. The first-order valence-corrected chi connectivity index (χ1v) is 9.69. The van der Waals surface area contributed by atoms with Crippen molar-refractivity contribution >= 4 is 40.3 Å². The number of nitrogens with one attached hydrogen (secondary N) is 3. The third-order valence-electron chi connectivity index (χ3n) is 4.25. The Balaban J connectivity index is 1.62. The van der Waals surface area contributed by atoms with Crippen LogP contribution in [0.3, 0.4) is 0 Å². The Morgan fingerprint density at radius 2 is 1.85 bits per heavy atom. The molecule has 0 fully saturated rings. The lowest BCUT2D eigenvalue weighted by atomic mass is 10.1. The van der Waals surface area contributed by atoms with Gasteiger partial charge in [0.25, 0.3) is 5.91 Å². The van der Waals surface area contributed by atoms with Crippen LogP contribution in [0.25, 0.3) is 10.6 Å². The molecule has 3 aromatic rings. The molecule has 1 amide bonds. The first kappa shape index (κ1) is 19.0. The van der Waals surface area contributed by atoms with Gasteiger partial charge >= 0.3 is 0 Å². The predicted molar refractivity (Wildman–Crippen MR) is 115 cm³/mol. The summed E-state index contributed by atoms with van der Waals surface area (Å²) in [5.74, 6) is -0.289. The predicted octanol–water partition coefficient (Wildman–Crippen LogP) is 4.37. The van der Waals surface area contributed by atoms with Crippen molar-refractivity contribution in [2.24, 2.45) is 0 Å². The van der Waals surface area contributed by atoms with Gasteiger partial charge in [0.1, 0.15) is 0 Å². The number of thiophene rings is 1. The zero-order valence-corrected chi connectivity index (χ0v) is 16.9. The van der Waals surface area contributed by atoms with Crippen LogP contribution < -0.4 is 16.2 Å². The fourth-order valence-corrected chi connectivity index (χ4v) is 3.44. The molecule has 2 aromatic heterocycles. The second kappa shape index (κ2) is 8.28. The summed E-state index contributed by atoms with van der Waals surface area (Å²) in [6.07, 6.45) is 0. The molecule has 0 aliphatic carbocycles. The zero-order valence-electron chi connectivity index (χ0n) is 15.3. The number of benzene rings is 1. The maximum atomic E-state index is 12.4. The quantitative estimate of drug-likeness (QED) is 0.453. The third-order valence-corrected chi connectivity index (χ3v) is 5.34. The molecule has 2 heterocycles. The average molecular weight is 397 g/mol. The van der Waals surface area contributed by atoms with Crippen LogP contribution in [-0.4, -0.2) is 16.0 Å². The van der Waals surface area contributed by atoms with Gasteiger partial charge in [-0.2, -0.15) is 0 Å². The normalized spacial score (nSPS) is 10.3. The van der Waals surface area contributed by atoms with E-state index in [-0.39, 0.29) is 5.91 Å². The molecule has 138 valence electrons. The lowest BCUT2D eigenvalue weighted by molar-refractivity contribution is 0.0943. The van der Waals surface area contributed by atoms with Crippen molar-refractivity contribution < 1.29 is 4.79 Å². The second-order valence-electron chi connectivity index (χ2n) is 6.09. The molecule has 0 spiro atoms. The van der Waals surface area contributed by atoms with Gasteiger partial charge in [0.15, 0.2) is 5.11 Å². The number of carbonyl (C=O) groups is 1. The number of aromatic nitrogens is 1. The van der Waals surface area contributed by atoms with Crippen LogP contribution in [0.4, 0.5) is 5.69 Å². The highest BCUT2D eigenvalue weighted by molar-refractivity contribution is 7.80. The largest absolute Gasteiger partial charge is 0.331 e. The third kappa shape index (κ3) is 4.50. The maximum absolute atomic E-state index is 12.4. The van der Waals surface area contributed by atoms with Crippen LogP contribution in [0.5, 0.6) is 0 Å². The van der Waals surface area contributed by atoms with Gasteiger partial charge in [-0.05, 0) is 73.8 Å². The fraction of sp³-hybridized carbons (Fsp3) is 0.150. The smallest absolute Gasteiger partial charge is 0.271 e. The summed E-state index contributed by atoms with van der Waals surface area (Å²) in [7, 11) is 0. The molecular formula is C20H20N4OS2. The molecule has 0 bridgehead atoms. The lowest BCUT2D eigenvalue weighted by Crippen LogP contribution is -2.44. The lowest BCUT2D eigenvalue weighted by Gasteiger charge is -2.15. The molecule has 27 heavy (non-hydrogen) atoms. The number of pyridine rings is 1. The summed E-state index contributed by atoms with van der Waals surface area (Å²) < 4.78 is 0. The maximum Gasteiger partial charge on any atom is 0.271 e. The number of hydrazine groups is 1. The van der Waals surface area contributed by atoms with Crippen LogP contribution in [0.15, 0.2) is 47.8 Å². The topological polar surface area (TPSA) is 66.0 Å². The average Bonchev–Trinajstić information content (AvgIpc) is 3.18. The minimum Gasteiger partial charge on any atom is -0.331 e. The zero-order chi connectivity index (χ0) is 19.4. The molecule has 3 N–H and O–H groups in total. The number of thiocarbonyl (C=S) groups is 1. The number of anilines is 1.